The third-order valence-electron chi connectivity index (χ3n) is 18.8. The summed E-state index contributed by atoms with van der Waals surface area (Å²) >= 11 is 7.64. The standard InChI is InChI=1S/C80H74Br2N2O/c1-53-35-37-61-39-43-63(81)47-67(61)73(53)79(9,49-57-25-13-11-14-26-57)55(3)23-21-33-71-77(5,6)75-65-31-19-17-29-59(65)41-45-69(75)83(71)51-85-52-84-70-46-42-60-30-18-20-32-66(60)76(70)78(7,8)72(84)34-22-24-56(4)80(10,50-58-27-15-12-16-28-58)74-54(2)36-38-62-40-44-64(82)48-68(62)74/h11-48H,3-4,49-52H2,1-2,5-10H3/b23-21+,24-22+,71-33+,72-34+. The first-order chi connectivity index (χ1) is 40.9. The first-order valence-electron chi connectivity index (χ1n) is 29.7. The number of ether oxygens (including phenoxy) is 1. The maximum Gasteiger partial charge on any atom is 0.125 e. The van der Waals surface area contributed by atoms with Gasteiger partial charge in [-0.05, 0) is 174 Å². The van der Waals surface area contributed by atoms with E-state index in [1.807, 2.05) is 0 Å². The maximum atomic E-state index is 7.20. The van der Waals surface area contributed by atoms with Gasteiger partial charge >= 0.3 is 0 Å². The van der Waals surface area contributed by atoms with Gasteiger partial charge in [-0.25, -0.2) is 0 Å². The van der Waals surface area contributed by atoms with Crippen molar-refractivity contribution in [3.63, 3.8) is 0 Å². The Morgan fingerprint density at radius 1 is 0.459 bits per heavy atom. The monoisotopic (exact) mass is 1240 g/mol. The van der Waals surface area contributed by atoms with E-state index in [9.17, 15) is 0 Å². The smallest absolute Gasteiger partial charge is 0.125 e. The molecular formula is C80H74Br2N2O. The third kappa shape index (κ3) is 10.5. The molecule has 2 aliphatic heterocycles. The fourth-order valence-corrected chi connectivity index (χ4v) is 15.2. The first-order valence-corrected chi connectivity index (χ1v) is 31.3. The molecule has 424 valence electrons. The van der Waals surface area contributed by atoms with Gasteiger partial charge in [0.25, 0.3) is 0 Å². The van der Waals surface area contributed by atoms with Crippen molar-refractivity contribution >= 4 is 86.3 Å². The highest BCUT2D eigenvalue weighted by Crippen LogP contribution is 2.53. The van der Waals surface area contributed by atoms with Crippen LogP contribution in [0.4, 0.5) is 11.4 Å². The van der Waals surface area contributed by atoms with E-state index in [1.54, 1.807) is 0 Å². The number of aryl methyl sites for hydroxylation is 2. The largest absolute Gasteiger partial charge is 0.340 e. The molecule has 0 saturated carbocycles. The van der Waals surface area contributed by atoms with Crippen LogP contribution in [0.15, 0.2) is 275 Å². The molecule has 2 heterocycles. The van der Waals surface area contributed by atoms with E-state index >= 15 is 0 Å². The van der Waals surface area contributed by atoms with Crippen molar-refractivity contribution in [3.8, 4) is 0 Å². The Kier molecular flexibility index (Phi) is 15.5. The quantitative estimate of drug-likeness (QED) is 0.0897. The van der Waals surface area contributed by atoms with Gasteiger partial charge in [0, 0.05) is 53.4 Å². The molecule has 0 spiro atoms. The molecule has 2 unspecified atom stereocenters. The van der Waals surface area contributed by atoms with Crippen LogP contribution in [0, 0.1) is 13.8 Å². The molecule has 0 saturated heterocycles. The van der Waals surface area contributed by atoms with Crippen LogP contribution in [0.2, 0.25) is 0 Å². The highest BCUT2D eigenvalue weighted by Gasteiger charge is 2.44. The molecule has 85 heavy (non-hydrogen) atoms. The number of fused-ring (bicyclic) bond motifs is 8. The summed E-state index contributed by atoms with van der Waals surface area (Å²) in [6, 6.07) is 70.6. The highest BCUT2D eigenvalue weighted by molar-refractivity contribution is 9.10. The summed E-state index contributed by atoms with van der Waals surface area (Å²) in [6.07, 6.45) is 15.2. The summed E-state index contributed by atoms with van der Waals surface area (Å²) in [7, 11) is 0. The third-order valence-corrected chi connectivity index (χ3v) is 19.7. The first kappa shape index (κ1) is 57.6. The minimum Gasteiger partial charge on any atom is -0.340 e. The summed E-state index contributed by atoms with van der Waals surface area (Å²) in [5.41, 5.74) is 15.4. The molecule has 0 aromatic heterocycles. The zero-order valence-corrected chi connectivity index (χ0v) is 53.4. The molecule has 0 aliphatic carbocycles. The minimum atomic E-state index is -0.429. The number of anilines is 2. The van der Waals surface area contributed by atoms with Gasteiger partial charge in [-0.3, -0.25) is 0 Å². The highest BCUT2D eigenvalue weighted by atomic mass is 79.9. The molecule has 0 radical (unpaired) electrons. The molecule has 0 bridgehead atoms. The lowest BCUT2D eigenvalue weighted by Gasteiger charge is -2.34. The Bertz CT molecular complexity index is 4120. The second-order valence-electron chi connectivity index (χ2n) is 25.0. The van der Waals surface area contributed by atoms with E-state index < -0.39 is 10.8 Å². The van der Waals surface area contributed by atoms with E-state index in [1.165, 1.54) is 87.6 Å². The molecule has 10 aromatic rings. The van der Waals surface area contributed by atoms with E-state index in [4.69, 9.17) is 17.9 Å². The van der Waals surface area contributed by atoms with Crippen molar-refractivity contribution in [1.82, 2.24) is 0 Å². The topological polar surface area (TPSA) is 15.7 Å². The lowest BCUT2D eigenvalue weighted by molar-refractivity contribution is 0.141. The molecule has 0 amide bonds. The van der Waals surface area contributed by atoms with Crippen molar-refractivity contribution in [1.29, 1.82) is 0 Å². The second kappa shape index (κ2) is 22.9. The van der Waals surface area contributed by atoms with Crippen molar-refractivity contribution in [2.75, 3.05) is 23.3 Å². The van der Waals surface area contributed by atoms with Crippen LogP contribution in [0.25, 0.3) is 43.1 Å². The van der Waals surface area contributed by atoms with Gasteiger partial charge in [0.1, 0.15) is 13.5 Å². The van der Waals surface area contributed by atoms with Gasteiger partial charge in [0.05, 0.1) is 0 Å². The van der Waals surface area contributed by atoms with Crippen LogP contribution >= 0.6 is 31.9 Å². The SMILES string of the molecule is C=C(/C=C/C=C1/N(COCN2/C(=C/C=C/C(=C)C(C)(Cc3ccccc3)c3c(C)ccc4ccc(Br)cc34)C(C)(C)c3c2ccc2ccccc32)c2ccc3ccccc3c2C1(C)C)C(C)(Cc1ccccc1)c1c(C)ccc2ccc(Br)cc12. The van der Waals surface area contributed by atoms with Gasteiger partial charge in [-0.2, -0.15) is 0 Å². The average Bonchev–Trinajstić information content (AvgIpc) is 1.86. The molecule has 5 heteroatoms. The van der Waals surface area contributed by atoms with Gasteiger partial charge in [-0.15, -0.1) is 0 Å². The van der Waals surface area contributed by atoms with Crippen molar-refractivity contribution in [3.05, 3.63) is 320 Å². The van der Waals surface area contributed by atoms with Crippen molar-refractivity contribution < 1.29 is 4.74 Å². The summed E-state index contributed by atoms with van der Waals surface area (Å²) in [4.78, 5) is 4.81. The molecular weight excluding hydrogens is 1160 g/mol. The van der Waals surface area contributed by atoms with Crippen molar-refractivity contribution in [2.45, 2.75) is 89.9 Å². The Morgan fingerprint density at radius 3 is 1.22 bits per heavy atom. The summed E-state index contributed by atoms with van der Waals surface area (Å²) < 4.78 is 9.33. The van der Waals surface area contributed by atoms with Gasteiger partial charge in [0.2, 0.25) is 0 Å². The zero-order valence-electron chi connectivity index (χ0n) is 50.2. The van der Waals surface area contributed by atoms with Crippen LogP contribution < -0.4 is 9.80 Å². The Morgan fingerprint density at radius 2 is 0.812 bits per heavy atom. The molecule has 2 aliphatic rings. The lowest BCUT2D eigenvalue weighted by atomic mass is 9.69. The molecule has 3 nitrogen and oxygen atoms in total. The normalized spacial score (nSPS) is 17.0. The predicted molar refractivity (Wildman–Crippen MR) is 370 cm³/mol. The van der Waals surface area contributed by atoms with Crippen LogP contribution in [0.1, 0.15) is 86.1 Å². The maximum absolute atomic E-state index is 7.20. The molecule has 10 aromatic carbocycles. The number of rotatable bonds is 16. The van der Waals surface area contributed by atoms with Gasteiger partial charge in [-0.1, -0.05) is 269 Å². The fraction of sp³-hybridized carbons (Fsp3) is 0.200. The average molecular weight is 1240 g/mol. The fourth-order valence-electron chi connectivity index (χ4n) is 14.5. The molecule has 2 atom stereocenters. The van der Waals surface area contributed by atoms with Crippen LogP contribution in [0.5, 0.6) is 0 Å². The Balaban J connectivity index is 0.908. The predicted octanol–water partition coefficient (Wildman–Crippen LogP) is 21.7. The molecule has 0 fully saturated rings. The van der Waals surface area contributed by atoms with E-state index in [0.717, 1.165) is 55.7 Å². The molecule has 0 N–H and O–H groups in total. The number of nitrogens with zero attached hydrogens (tertiary/aromatic N) is 2. The van der Waals surface area contributed by atoms with E-state index in [-0.39, 0.29) is 10.8 Å². The second-order valence-corrected chi connectivity index (χ2v) is 26.9. The zero-order chi connectivity index (χ0) is 59.4. The summed E-state index contributed by atoms with van der Waals surface area (Å²) in [6.45, 7) is 29.2. The van der Waals surface area contributed by atoms with Crippen LogP contribution in [-0.4, -0.2) is 13.5 Å². The Hall–Kier alpha value is -7.80. The number of allylic oxidation sites excluding steroid dienone is 10. The van der Waals surface area contributed by atoms with E-state index in [2.05, 4.69) is 328 Å². The van der Waals surface area contributed by atoms with Gasteiger partial charge < -0.3 is 14.5 Å². The minimum absolute atomic E-state index is 0.337. The lowest BCUT2D eigenvalue weighted by Crippen LogP contribution is -2.33. The van der Waals surface area contributed by atoms with E-state index in [0.29, 0.717) is 13.5 Å². The number of hydrogen-bond acceptors (Lipinski definition) is 3. The number of halogens is 2. The van der Waals surface area contributed by atoms with Crippen LogP contribution in [0.3, 0.4) is 0 Å². The number of hydrogen-bond donors (Lipinski definition) is 0. The summed E-state index contributed by atoms with van der Waals surface area (Å²) in [5.74, 6) is 0. The van der Waals surface area contributed by atoms with Crippen molar-refractivity contribution in [2.24, 2.45) is 0 Å². The van der Waals surface area contributed by atoms with Crippen LogP contribution in [-0.2, 0) is 39.2 Å². The Labute approximate surface area is 520 Å². The number of benzene rings is 10. The summed E-state index contributed by atoms with van der Waals surface area (Å²) in [5, 5.41) is 9.87. The van der Waals surface area contributed by atoms with Gasteiger partial charge in [0.15, 0.2) is 0 Å². The molecule has 12 rings (SSSR count).